The highest BCUT2D eigenvalue weighted by Crippen LogP contribution is 2.53. The van der Waals surface area contributed by atoms with Crippen LogP contribution in [0, 0.1) is 0 Å². The predicted molar refractivity (Wildman–Crippen MR) is 217 cm³/mol. The van der Waals surface area contributed by atoms with Crippen LogP contribution in [0.25, 0.3) is 11.0 Å². The van der Waals surface area contributed by atoms with E-state index < -0.39 is 17.3 Å². The van der Waals surface area contributed by atoms with Crippen LogP contribution in [0.15, 0.2) is 47.3 Å². The van der Waals surface area contributed by atoms with Gasteiger partial charge in [-0.2, -0.15) is 4.98 Å². The molecule has 13 nitrogen and oxygen atoms in total. The Morgan fingerprint density at radius 2 is 1.69 bits per heavy atom. The average molecular weight is 816 g/mol. The van der Waals surface area contributed by atoms with E-state index in [2.05, 4.69) is 88.6 Å². The molecule has 4 aromatic rings. The molecule has 2 aliphatic rings. The fraction of sp³-hybridized carbons (Fsp3) is 0.500. The van der Waals surface area contributed by atoms with Crippen molar-refractivity contribution in [3.8, 4) is 5.75 Å². The molecular formula is C36H50BrN9O4PS+. The fourth-order valence-electron chi connectivity index (χ4n) is 7.10. The highest BCUT2D eigenvalue weighted by Gasteiger charge is 2.36. The number of piperidine rings is 1. The van der Waals surface area contributed by atoms with Gasteiger partial charge in [-0.05, 0) is 59.0 Å². The summed E-state index contributed by atoms with van der Waals surface area (Å²) in [6, 6.07) is 8.78. The van der Waals surface area contributed by atoms with Gasteiger partial charge < -0.3 is 20.3 Å². The first-order valence-electron chi connectivity index (χ1n) is 17.7. The van der Waals surface area contributed by atoms with E-state index in [4.69, 9.17) is 14.2 Å². The molecule has 0 atom stereocenters. The minimum absolute atomic E-state index is 0.232. The lowest BCUT2D eigenvalue weighted by molar-refractivity contribution is 0.0882. The Hall–Kier alpha value is -3.20. The molecule has 2 aromatic carbocycles. The molecule has 0 spiro atoms. The van der Waals surface area contributed by atoms with E-state index in [9.17, 15) is 8.42 Å². The largest absolute Gasteiger partial charge is 0.494 e. The van der Waals surface area contributed by atoms with Gasteiger partial charge in [0.2, 0.25) is 5.95 Å². The highest BCUT2D eigenvalue weighted by atomic mass is 79.9. The van der Waals surface area contributed by atoms with Crippen molar-refractivity contribution in [1.82, 2.24) is 29.7 Å². The summed E-state index contributed by atoms with van der Waals surface area (Å²) in [7, 11) is -1.53. The summed E-state index contributed by atoms with van der Waals surface area (Å²) < 4.78 is 35.9. The second-order valence-electron chi connectivity index (χ2n) is 13.8. The van der Waals surface area contributed by atoms with E-state index in [1.807, 2.05) is 12.1 Å². The number of aryl methyl sites for hydroxylation is 1. The second-order valence-corrected chi connectivity index (χ2v) is 20.4. The van der Waals surface area contributed by atoms with Gasteiger partial charge in [0.1, 0.15) is 21.1 Å². The van der Waals surface area contributed by atoms with Crippen LogP contribution in [0.5, 0.6) is 5.75 Å². The Kier molecular flexibility index (Phi) is 12.2. The third kappa shape index (κ3) is 8.94. The lowest BCUT2D eigenvalue weighted by Crippen LogP contribution is -2.53. The topological polar surface area (TPSA) is 138 Å². The molecule has 2 saturated heterocycles. The van der Waals surface area contributed by atoms with Crippen LogP contribution in [0.2, 0.25) is 0 Å². The predicted octanol–water partition coefficient (Wildman–Crippen LogP) is 5.34. The maximum atomic E-state index is 11.6. The first-order valence-corrected chi connectivity index (χ1v) is 23.1. The summed E-state index contributed by atoms with van der Waals surface area (Å²) in [5.74, 6) is 1.99. The number of rotatable bonds is 13. The van der Waals surface area contributed by atoms with E-state index >= 15 is 0 Å². The Labute approximate surface area is 316 Å². The monoisotopic (exact) mass is 814 g/mol. The Morgan fingerprint density at radius 1 is 0.962 bits per heavy atom. The van der Waals surface area contributed by atoms with Crippen molar-refractivity contribution in [2.45, 2.75) is 32.2 Å². The van der Waals surface area contributed by atoms with Crippen LogP contribution in [-0.4, -0.2) is 130 Å². The number of benzene rings is 2. The quantitative estimate of drug-likeness (QED) is 0.168. The van der Waals surface area contributed by atoms with Crippen molar-refractivity contribution in [3.63, 3.8) is 0 Å². The number of ether oxygens (including phenoxy) is 1. The summed E-state index contributed by atoms with van der Waals surface area (Å²) >= 11 is 3.64. The lowest BCUT2D eigenvalue weighted by atomic mass is 9.99. The van der Waals surface area contributed by atoms with E-state index in [0.717, 1.165) is 92.0 Å². The normalized spacial score (nSPS) is 16.7. The SMILES string of the molecule is CCc1cc(Nc2ncc(Br)c(Nc3ccc4nccnc4c3[P+](C)(C)OC)n2)c(OC)cc1N1CCC(N2CCN(CCS(C)(=O)=O)CC2)CC1. The molecule has 0 saturated carbocycles. The molecule has 2 aromatic heterocycles. The van der Waals surface area contributed by atoms with Crippen LogP contribution < -0.4 is 25.6 Å². The molecule has 52 heavy (non-hydrogen) atoms. The zero-order valence-corrected chi connectivity index (χ0v) is 34.2. The van der Waals surface area contributed by atoms with Gasteiger partial charge in [0.05, 0.1) is 54.7 Å². The number of fused-ring (bicyclic) bond motifs is 1. The van der Waals surface area contributed by atoms with Crippen LogP contribution in [0.1, 0.15) is 25.3 Å². The highest BCUT2D eigenvalue weighted by molar-refractivity contribution is 9.10. The van der Waals surface area contributed by atoms with Gasteiger partial charge >= 0.3 is 0 Å². The second kappa shape index (κ2) is 16.4. The number of halogens is 1. The van der Waals surface area contributed by atoms with Gasteiger partial charge in [-0.3, -0.25) is 14.8 Å². The molecular weight excluding hydrogens is 765 g/mol. The molecule has 0 radical (unpaired) electrons. The maximum Gasteiger partial charge on any atom is 0.229 e. The van der Waals surface area contributed by atoms with E-state index in [1.165, 1.54) is 17.5 Å². The summed E-state index contributed by atoms with van der Waals surface area (Å²) in [4.78, 5) is 26.0. The van der Waals surface area contributed by atoms with E-state index in [1.54, 1.807) is 32.8 Å². The number of anilines is 5. The van der Waals surface area contributed by atoms with Crippen molar-refractivity contribution < 1.29 is 17.7 Å². The van der Waals surface area contributed by atoms with Gasteiger partial charge in [-0.15, -0.1) is 0 Å². The fourth-order valence-corrected chi connectivity index (χ4v) is 9.55. The van der Waals surface area contributed by atoms with Gasteiger partial charge in [0, 0.05) is 88.5 Å². The minimum atomic E-state index is -2.94. The lowest BCUT2D eigenvalue weighted by Gasteiger charge is -2.43. The molecule has 2 N–H and O–H groups in total. The molecule has 0 aliphatic carbocycles. The molecule has 16 heteroatoms. The Balaban J connectivity index is 1.16. The van der Waals surface area contributed by atoms with Crippen molar-refractivity contribution in [2.75, 3.05) is 101 Å². The number of hydrogen-bond acceptors (Lipinski definition) is 13. The van der Waals surface area contributed by atoms with Crippen molar-refractivity contribution in [2.24, 2.45) is 0 Å². The first kappa shape index (κ1) is 38.5. The summed E-state index contributed by atoms with van der Waals surface area (Å²) in [5, 5.41) is 7.93. The summed E-state index contributed by atoms with van der Waals surface area (Å²) in [6.07, 6.45) is 9.49. The number of sulfone groups is 1. The maximum absolute atomic E-state index is 11.6. The standard InChI is InChI=1S/C36H50BrN9O4PS/c1-7-25-22-30(32(49-2)23-31(25)46-14-10-26(11-15-46)45-18-16-44(17-19-45)20-21-52(6,47)48)42-36-40-24-27(37)35(43-36)41-29-9-8-28-33(39-13-12-38-28)34(29)51(4,5)50-3/h8-9,12-13,22-24,26H,7,10-11,14-21H2,1-6H3,(H2,40,41,42,43)/q+1. The Morgan fingerprint density at radius 3 is 2.37 bits per heavy atom. The molecule has 6 rings (SSSR count). The Bertz CT molecular complexity index is 1990. The molecule has 280 valence electrons. The summed E-state index contributed by atoms with van der Waals surface area (Å²) in [5.41, 5.74) is 5.69. The zero-order chi connectivity index (χ0) is 37.0. The third-order valence-corrected chi connectivity index (χ3v) is 14.1. The number of nitrogens with one attached hydrogen (secondary N) is 2. The molecule has 4 heterocycles. The van der Waals surface area contributed by atoms with Gasteiger partial charge in [-0.1, -0.05) is 6.92 Å². The molecule has 0 amide bonds. The number of piperazine rings is 1. The van der Waals surface area contributed by atoms with Crippen LogP contribution >= 0.6 is 23.4 Å². The molecule has 0 bridgehead atoms. The van der Waals surface area contributed by atoms with Crippen LogP contribution in [0.4, 0.5) is 28.8 Å². The van der Waals surface area contributed by atoms with Crippen LogP contribution in [0.3, 0.4) is 0 Å². The van der Waals surface area contributed by atoms with E-state index in [-0.39, 0.29) is 5.75 Å². The number of methoxy groups -OCH3 is 1. The number of aromatic nitrogens is 4. The number of hydrogen-bond donors (Lipinski definition) is 2. The van der Waals surface area contributed by atoms with Crippen LogP contribution in [-0.2, 0) is 20.8 Å². The molecule has 2 aliphatic heterocycles. The summed E-state index contributed by atoms with van der Waals surface area (Å²) in [6.45, 7) is 12.8. The van der Waals surface area contributed by atoms with Crippen molar-refractivity contribution in [1.29, 1.82) is 0 Å². The molecule has 2 fully saturated rings. The van der Waals surface area contributed by atoms with Gasteiger partial charge in [0.15, 0.2) is 18.6 Å². The average Bonchev–Trinajstić information content (AvgIpc) is 3.15. The minimum Gasteiger partial charge on any atom is -0.494 e. The van der Waals surface area contributed by atoms with Gasteiger partial charge in [-0.25, -0.2) is 22.9 Å². The number of nitrogens with zero attached hydrogens (tertiary/aromatic N) is 7. The first-order chi connectivity index (χ1) is 24.9. The third-order valence-electron chi connectivity index (χ3n) is 10.1. The molecule has 0 unspecified atom stereocenters. The van der Waals surface area contributed by atoms with Crippen molar-refractivity contribution in [3.05, 3.63) is 52.9 Å². The zero-order valence-electron chi connectivity index (χ0n) is 30.9. The van der Waals surface area contributed by atoms with Gasteiger partial charge in [0.25, 0.3) is 0 Å². The van der Waals surface area contributed by atoms with Crippen molar-refractivity contribution >= 4 is 78.4 Å². The van der Waals surface area contributed by atoms with E-state index in [0.29, 0.717) is 28.8 Å². The smallest absolute Gasteiger partial charge is 0.229 e.